The average Bonchev–Trinajstić information content (AvgIpc) is 1.63. The van der Waals surface area contributed by atoms with E-state index in [-0.39, 0.29) is 66.8 Å². The molecule has 0 bridgehead atoms. The molecule has 0 aliphatic heterocycles. The summed E-state index contributed by atoms with van der Waals surface area (Å²) in [6, 6.07) is 0. The summed E-state index contributed by atoms with van der Waals surface area (Å²) in [7, 11) is 1.78. The minimum Gasteiger partial charge on any atom is -0.384 e. The van der Waals surface area contributed by atoms with E-state index in [1.165, 1.54) is 0 Å². The van der Waals surface area contributed by atoms with Crippen molar-refractivity contribution in [1.29, 1.82) is 0 Å². The molecule has 3 heteroatoms. The van der Waals surface area contributed by atoms with Gasteiger partial charge in [0.1, 0.15) is 0 Å². The van der Waals surface area contributed by atoms with Crippen LogP contribution in [-0.2, 0) is 58.5 Å². The summed E-state index contributed by atoms with van der Waals surface area (Å²) < 4.78 is 5.22. The van der Waals surface area contributed by atoms with Crippen LogP contribution in [0.2, 0.25) is 0 Å². The molecule has 0 heterocycles. The summed E-state index contributed by atoms with van der Waals surface area (Å²) in [5, 5.41) is 0. The zero-order chi connectivity index (χ0) is 6.20. The van der Waals surface area contributed by atoms with Crippen LogP contribution in [0.5, 0.6) is 0 Å². The molecular formula is C8H17OWY-. The van der Waals surface area contributed by atoms with Crippen LogP contribution in [0.3, 0.4) is 0 Å². The van der Waals surface area contributed by atoms with Gasteiger partial charge < -0.3 is 10.7 Å². The first-order chi connectivity index (χ1) is 3.66. The maximum absolute atomic E-state index is 5.22. The van der Waals surface area contributed by atoms with Crippen LogP contribution in [0.15, 0.2) is 0 Å². The number of hydrogen-bond donors (Lipinski definition) is 0. The van der Waals surface area contributed by atoms with E-state index in [4.69, 9.17) is 4.74 Å². The van der Waals surface area contributed by atoms with E-state index in [1.807, 2.05) is 0 Å². The van der Waals surface area contributed by atoms with E-state index in [1.54, 1.807) is 13.0 Å². The molecule has 1 aliphatic rings. The summed E-state index contributed by atoms with van der Waals surface area (Å²) >= 11 is 0. The fourth-order valence-electron chi connectivity index (χ4n) is 1.37. The first-order valence-corrected chi connectivity index (χ1v) is 3.03. The number of rotatable bonds is 1. The van der Waals surface area contributed by atoms with Gasteiger partial charge in [-0.2, -0.15) is 19.8 Å². The third kappa shape index (κ3) is 5.14. The molecule has 0 N–H and O–H groups in total. The van der Waals surface area contributed by atoms with Crippen molar-refractivity contribution < 1.29 is 58.5 Å². The molecule has 1 nitrogen and oxygen atoms in total. The molecule has 1 fully saturated rings. The average molecular weight is 402 g/mol. The molecular weight excluding hydrogens is 385 g/mol. The van der Waals surface area contributed by atoms with Gasteiger partial charge in [-0.05, 0) is 6.92 Å². The van der Waals surface area contributed by atoms with Crippen LogP contribution in [-0.4, -0.2) is 12.7 Å². The Labute approximate surface area is 110 Å². The number of hydrogen-bond acceptors (Lipinski definition) is 1. The van der Waals surface area contributed by atoms with E-state index >= 15 is 0 Å². The molecule has 0 atom stereocenters. The molecule has 1 saturated carbocycles. The monoisotopic (exact) mass is 402 g/mol. The molecule has 1 rings (SSSR count). The van der Waals surface area contributed by atoms with Crippen molar-refractivity contribution in [3.63, 3.8) is 0 Å². The Morgan fingerprint density at radius 3 is 1.82 bits per heavy atom. The molecule has 0 aromatic carbocycles. The van der Waals surface area contributed by atoms with Gasteiger partial charge in [0, 0.05) is 66.5 Å². The number of ether oxygens (including phenoxy) is 1. The second-order valence-electron chi connectivity index (χ2n) is 2.96. The van der Waals surface area contributed by atoms with Crippen molar-refractivity contribution in [1.82, 2.24) is 0 Å². The molecule has 0 aromatic heterocycles. The predicted molar refractivity (Wildman–Crippen MR) is 40.3 cm³/mol. The van der Waals surface area contributed by atoms with Crippen molar-refractivity contribution in [2.45, 2.75) is 39.7 Å². The van der Waals surface area contributed by atoms with Gasteiger partial charge in [-0.1, -0.05) is 7.43 Å². The summed E-state index contributed by atoms with van der Waals surface area (Å²) in [5.41, 5.74) is 0.198. The topological polar surface area (TPSA) is 9.23 Å². The van der Waals surface area contributed by atoms with Crippen LogP contribution < -0.4 is 0 Å². The van der Waals surface area contributed by atoms with Crippen LogP contribution >= 0.6 is 0 Å². The van der Waals surface area contributed by atoms with Gasteiger partial charge >= 0.3 is 0 Å². The van der Waals surface area contributed by atoms with Gasteiger partial charge in [0.15, 0.2) is 0 Å². The third-order valence-corrected chi connectivity index (χ3v) is 1.84. The smallest absolute Gasteiger partial charge is 0.0359 e. The Morgan fingerprint density at radius 1 is 1.36 bits per heavy atom. The molecule has 1 aliphatic carbocycles. The minimum absolute atomic E-state index is 0. The normalized spacial score (nSPS) is 19.9. The Kier molecular flexibility index (Phi) is 12.1. The fraction of sp³-hybridized carbons (Fsp3) is 0.875. The quantitative estimate of drug-likeness (QED) is 0.613. The first kappa shape index (κ1) is 18.5. The van der Waals surface area contributed by atoms with Crippen molar-refractivity contribution >= 4 is 0 Å². The van der Waals surface area contributed by atoms with Crippen LogP contribution in [0.4, 0.5) is 0 Å². The Hall–Kier alpha value is 1.75. The largest absolute Gasteiger partial charge is 0.384 e. The molecule has 0 aromatic rings. The van der Waals surface area contributed by atoms with Gasteiger partial charge in [0.25, 0.3) is 0 Å². The van der Waals surface area contributed by atoms with Crippen LogP contribution in [0, 0.1) is 5.92 Å². The Bertz CT molecular complexity index is 92.1. The second-order valence-corrected chi connectivity index (χ2v) is 2.96. The summed E-state index contributed by atoms with van der Waals surface area (Å²) in [5.74, 6) is 1.56. The zero-order valence-electron chi connectivity index (χ0n) is 6.81. The molecule has 1 radical (unpaired) electrons. The van der Waals surface area contributed by atoms with Crippen molar-refractivity contribution in [3.05, 3.63) is 5.92 Å². The van der Waals surface area contributed by atoms with Gasteiger partial charge in [0.2, 0.25) is 0 Å². The van der Waals surface area contributed by atoms with E-state index in [2.05, 4.69) is 13.8 Å². The van der Waals surface area contributed by atoms with Crippen LogP contribution in [0.25, 0.3) is 0 Å². The van der Waals surface area contributed by atoms with Crippen LogP contribution in [0.1, 0.15) is 34.1 Å². The maximum atomic E-state index is 5.22. The first-order valence-electron chi connectivity index (χ1n) is 3.03. The van der Waals surface area contributed by atoms with Crippen molar-refractivity contribution in [3.8, 4) is 0 Å². The van der Waals surface area contributed by atoms with Crippen molar-refractivity contribution in [2.75, 3.05) is 7.11 Å². The van der Waals surface area contributed by atoms with Gasteiger partial charge in [-0.25, -0.2) is 0 Å². The van der Waals surface area contributed by atoms with Crippen molar-refractivity contribution in [2.24, 2.45) is 0 Å². The summed E-state index contributed by atoms with van der Waals surface area (Å²) in [4.78, 5) is 0. The van der Waals surface area contributed by atoms with E-state index < -0.39 is 0 Å². The SMILES string of the molecule is C.COC1(C)C[C-](C)C1.[W].[Y]. The standard InChI is InChI=1S/C7H13O.CH4.W.Y/c1-6-4-7(2,5-6)8-3;;;/h4-5H2,1-3H3;1H4;;/q-1;;;. The summed E-state index contributed by atoms with van der Waals surface area (Å²) in [6.45, 7) is 4.33. The Balaban J connectivity index is -0.000000213. The number of methoxy groups -OCH3 is 1. The molecule has 0 spiro atoms. The zero-order valence-corrected chi connectivity index (χ0v) is 12.6. The van der Waals surface area contributed by atoms with Gasteiger partial charge in [-0.3, -0.25) is 0 Å². The molecule has 11 heavy (non-hydrogen) atoms. The van der Waals surface area contributed by atoms with E-state index in [0.717, 1.165) is 12.8 Å². The molecule has 0 saturated heterocycles. The fourth-order valence-corrected chi connectivity index (χ4v) is 1.37. The predicted octanol–water partition coefficient (Wildman–Crippen LogP) is 2.41. The summed E-state index contributed by atoms with van der Waals surface area (Å²) in [6.07, 6.45) is 2.31. The molecule has 65 valence electrons. The van der Waals surface area contributed by atoms with E-state index in [9.17, 15) is 0 Å². The second kappa shape index (κ2) is 7.18. The Morgan fingerprint density at radius 2 is 1.73 bits per heavy atom. The maximum Gasteiger partial charge on any atom is 0.0359 e. The molecule has 0 unspecified atom stereocenters. The van der Waals surface area contributed by atoms with Gasteiger partial charge in [0.05, 0.1) is 0 Å². The third-order valence-electron chi connectivity index (χ3n) is 1.84. The van der Waals surface area contributed by atoms with Gasteiger partial charge in [-0.15, -0.1) is 0 Å². The molecule has 0 amide bonds. The minimum atomic E-state index is 0. The van der Waals surface area contributed by atoms with E-state index in [0.29, 0.717) is 0 Å².